The third-order valence-corrected chi connectivity index (χ3v) is 2.81. The summed E-state index contributed by atoms with van der Waals surface area (Å²) < 4.78 is 5.72. The number of oxazole rings is 1. The first kappa shape index (κ1) is 9.71. The summed E-state index contributed by atoms with van der Waals surface area (Å²) in [6.07, 6.45) is 2.94. The fourth-order valence-corrected chi connectivity index (χ4v) is 1.82. The van der Waals surface area contributed by atoms with Gasteiger partial charge in [-0.25, -0.2) is 4.98 Å². The maximum Gasteiger partial charge on any atom is 0.194 e. The van der Waals surface area contributed by atoms with E-state index in [-0.39, 0.29) is 0 Å². The molecule has 1 saturated heterocycles. The van der Waals surface area contributed by atoms with E-state index in [1.807, 2.05) is 0 Å². The second-order valence-corrected chi connectivity index (χ2v) is 3.91. The van der Waals surface area contributed by atoms with Crippen LogP contribution in [0.4, 0.5) is 0 Å². The van der Waals surface area contributed by atoms with Crippen molar-refractivity contribution in [2.45, 2.75) is 33.1 Å². The summed E-state index contributed by atoms with van der Waals surface area (Å²) in [5, 5.41) is 3.26. The van der Waals surface area contributed by atoms with Crippen LogP contribution in [-0.2, 0) is 19.3 Å². The van der Waals surface area contributed by atoms with Crippen molar-refractivity contribution in [3.05, 3.63) is 17.3 Å². The Balaban J connectivity index is 2.05. The molecule has 2 heterocycles. The molecule has 1 aliphatic rings. The third kappa shape index (κ3) is 1.82. The fourth-order valence-electron chi connectivity index (χ4n) is 1.82. The van der Waals surface area contributed by atoms with Crippen molar-refractivity contribution >= 4 is 0 Å². The largest absolute Gasteiger partial charge is 0.445 e. The summed E-state index contributed by atoms with van der Waals surface area (Å²) in [5.41, 5.74) is 1.15. The van der Waals surface area contributed by atoms with Crippen molar-refractivity contribution in [3.63, 3.8) is 0 Å². The van der Waals surface area contributed by atoms with Crippen LogP contribution in [-0.4, -0.2) is 18.1 Å². The van der Waals surface area contributed by atoms with Gasteiger partial charge in [0.2, 0.25) is 0 Å². The molecular weight excluding hydrogens is 176 g/mol. The number of rotatable bonds is 4. The van der Waals surface area contributed by atoms with Gasteiger partial charge in [-0.1, -0.05) is 13.8 Å². The normalized spacial score (nSPS) is 17.0. The van der Waals surface area contributed by atoms with Gasteiger partial charge in [-0.3, -0.25) is 0 Å². The predicted molar refractivity (Wildman–Crippen MR) is 55.3 cm³/mol. The first-order valence-corrected chi connectivity index (χ1v) is 5.51. The summed E-state index contributed by atoms with van der Waals surface area (Å²) in [7, 11) is 0. The Bertz CT molecular complexity index is 281. The third-order valence-electron chi connectivity index (χ3n) is 2.81. The van der Waals surface area contributed by atoms with Crippen LogP contribution in [0.3, 0.4) is 0 Å². The molecule has 0 saturated carbocycles. The van der Waals surface area contributed by atoms with Crippen LogP contribution in [0.15, 0.2) is 4.42 Å². The SMILES string of the molecule is CCc1nc(CC2CNC2)oc1CC. The van der Waals surface area contributed by atoms with Crippen molar-refractivity contribution in [3.8, 4) is 0 Å². The van der Waals surface area contributed by atoms with Crippen LogP contribution in [0.1, 0.15) is 31.2 Å². The molecular formula is C11H18N2O. The number of nitrogens with zero attached hydrogens (tertiary/aromatic N) is 1. The van der Waals surface area contributed by atoms with Crippen molar-refractivity contribution in [2.24, 2.45) is 5.92 Å². The van der Waals surface area contributed by atoms with E-state index in [1.165, 1.54) is 0 Å². The molecule has 2 rings (SSSR count). The molecule has 1 aromatic heterocycles. The van der Waals surface area contributed by atoms with E-state index in [9.17, 15) is 0 Å². The van der Waals surface area contributed by atoms with Crippen LogP contribution in [0, 0.1) is 5.92 Å². The number of nitrogens with one attached hydrogen (secondary N) is 1. The molecule has 0 unspecified atom stereocenters. The van der Waals surface area contributed by atoms with Gasteiger partial charge >= 0.3 is 0 Å². The lowest BCUT2D eigenvalue weighted by atomic mass is 10.00. The number of hydrogen-bond donors (Lipinski definition) is 1. The second kappa shape index (κ2) is 4.13. The number of hydrogen-bond acceptors (Lipinski definition) is 3. The molecule has 1 aromatic rings. The van der Waals surface area contributed by atoms with Gasteiger partial charge in [-0.05, 0) is 25.4 Å². The van der Waals surface area contributed by atoms with Gasteiger partial charge in [0.1, 0.15) is 5.76 Å². The van der Waals surface area contributed by atoms with Crippen LogP contribution in [0.25, 0.3) is 0 Å². The van der Waals surface area contributed by atoms with Crippen molar-refractivity contribution in [1.82, 2.24) is 10.3 Å². The van der Waals surface area contributed by atoms with Gasteiger partial charge < -0.3 is 9.73 Å². The highest BCUT2D eigenvalue weighted by Gasteiger charge is 2.20. The highest BCUT2D eigenvalue weighted by atomic mass is 16.4. The van der Waals surface area contributed by atoms with Crippen molar-refractivity contribution in [1.29, 1.82) is 0 Å². The molecule has 78 valence electrons. The lowest BCUT2D eigenvalue weighted by molar-refractivity contribution is 0.314. The summed E-state index contributed by atoms with van der Waals surface area (Å²) in [4.78, 5) is 4.53. The zero-order valence-corrected chi connectivity index (χ0v) is 8.97. The zero-order valence-electron chi connectivity index (χ0n) is 8.97. The number of aryl methyl sites for hydroxylation is 2. The lowest BCUT2D eigenvalue weighted by Crippen LogP contribution is -2.43. The van der Waals surface area contributed by atoms with E-state index in [0.29, 0.717) is 0 Å². The second-order valence-electron chi connectivity index (χ2n) is 3.91. The van der Waals surface area contributed by atoms with E-state index in [2.05, 4.69) is 24.1 Å². The van der Waals surface area contributed by atoms with Crippen molar-refractivity contribution < 1.29 is 4.42 Å². The molecule has 3 heteroatoms. The average Bonchev–Trinajstić information content (AvgIpc) is 2.53. The number of aromatic nitrogens is 1. The maximum absolute atomic E-state index is 5.72. The molecule has 1 fully saturated rings. The Morgan fingerprint density at radius 1 is 1.36 bits per heavy atom. The van der Waals surface area contributed by atoms with E-state index in [4.69, 9.17) is 4.42 Å². The van der Waals surface area contributed by atoms with Gasteiger partial charge in [0, 0.05) is 12.8 Å². The molecule has 0 aliphatic carbocycles. The smallest absolute Gasteiger partial charge is 0.194 e. The van der Waals surface area contributed by atoms with Gasteiger partial charge in [-0.2, -0.15) is 0 Å². The minimum atomic E-state index is 0.739. The van der Waals surface area contributed by atoms with E-state index >= 15 is 0 Å². The highest BCUT2D eigenvalue weighted by Crippen LogP contribution is 2.17. The van der Waals surface area contributed by atoms with Crippen LogP contribution in [0.5, 0.6) is 0 Å². The van der Waals surface area contributed by atoms with Crippen LogP contribution < -0.4 is 5.32 Å². The maximum atomic E-state index is 5.72. The first-order valence-electron chi connectivity index (χ1n) is 5.51. The molecule has 0 aromatic carbocycles. The van der Waals surface area contributed by atoms with Crippen molar-refractivity contribution in [2.75, 3.05) is 13.1 Å². The van der Waals surface area contributed by atoms with E-state index in [0.717, 1.165) is 55.6 Å². The molecule has 0 bridgehead atoms. The lowest BCUT2D eigenvalue weighted by Gasteiger charge is -2.25. The van der Waals surface area contributed by atoms with Gasteiger partial charge in [-0.15, -0.1) is 0 Å². The van der Waals surface area contributed by atoms with Gasteiger partial charge in [0.05, 0.1) is 5.69 Å². The standard InChI is InChI=1S/C11H18N2O/c1-3-9-10(4-2)14-11(13-9)5-8-6-12-7-8/h8,12H,3-7H2,1-2H3. The molecule has 0 amide bonds. The summed E-state index contributed by atoms with van der Waals surface area (Å²) in [5.74, 6) is 2.75. The molecule has 0 radical (unpaired) electrons. The Kier molecular flexibility index (Phi) is 2.87. The molecule has 14 heavy (non-hydrogen) atoms. The molecule has 1 N–H and O–H groups in total. The van der Waals surface area contributed by atoms with Crippen LogP contribution >= 0.6 is 0 Å². The van der Waals surface area contributed by atoms with Gasteiger partial charge in [0.25, 0.3) is 0 Å². The van der Waals surface area contributed by atoms with Gasteiger partial charge in [0.15, 0.2) is 5.89 Å². The zero-order chi connectivity index (χ0) is 9.97. The molecule has 0 atom stereocenters. The van der Waals surface area contributed by atoms with Crippen LogP contribution in [0.2, 0.25) is 0 Å². The Labute approximate surface area is 84.9 Å². The minimum absolute atomic E-state index is 0.739. The quantitative estimate of drug-likeness (QED) is 0.790. The van der Waals surface area contributed by atoms with E-state index < -0.39 is 0 Å². The Hall–Kier alpha value is -0.830. The fraction of sp³-hybridized carbons (Fsp3) is 0.727. The molecule has 3 nitrogen and oxygen atoms in total. The Morgan fingerprint density at radius 3 is 2.57 bits per heavy atom. The first-order chi connectivity index (χ1) is 6.83. The highest BCUT2D eigenvalue weighted by molar-refractivity contribution is 5.10. The molecule has 0 spiro atoms. The summed E-state index contributed by atoms with van der Waals surface area (Å²) in [6, 6.07) is 0. The summed E-state index contributed by atoms with van der Waals surface area (Å²) in [6.45, 7) is 6.48. The minimum Gasteiger partial charge on any atom is -0.445 e. The Morgan fingerprint density at radius 2 is 2.14 bits per heavy atom. The summed E-state index contributed by atoms with van der Waals surface area (Å²) >= 11 is 0. The average molecular weight is 194 g/mol. The topological polar surface area (TPSA) is 38.1 Å². The monoisotopic (exact) mass is 194 g/mol. The van der Waals surface area contributed by atoms with E-state index in [1.54, 1.807) is 0 Å². The predicted octanol–water partition coefficient (Wildman–Crippen LogP) is 1.56. The molecule has 1 aliphatic heterocycles.